The van der Waals surface area contributed by atoms with Gasteiger partial charge in [0, 0.05) is 45.7 Å². The molecule has 0 saturated carbocycles. The first-order valence-corrected chi connectivity index (χ1v) is 9.55. The SMILES string of the molecule is CC(=O)Nc1cccc(C(=O)Nc2ncc(Cc3cc(Cl)ccc3Cl)s2)c1. The van der Waals surface area contributed by atoms with Gasteiger partial charge in [-0.15, -0.1) is 11.3 Å². The Balaban J connectivity index is 1.69. The van der Waals surface area contributed by atoms with Crippen molar-refractivity contribution >= 4 is 57.2 Å². The van der Waals surface area contributed by atoms with E-state index in [4.69, 9.17) is 23.2 Å². The van der Waals surface area contributed by atoms with E-state index in [1.54, 1.807) is 42.6 Å². The molecule has 2 aromatic carbocycles. The van der Waals surface area contributed by atoms with Gasteiger partial charge in [-0.2, -0.15) is 0 Å². The van der Waals surface area contributed by atoms with Gasteiger partial charge < -0.3 is 5.32 Å². The Morgan fingerprint density at radius 3 is 2.70 bits per heavy atom. The number of carbonyl (C=O) groups excluding carboxylic acids is 2. The summed E-state index contributed by atoms with van der Waals surface area (Å²) in [5.74, 6) is -0.499. The highest BCUT2D eigenvalue weighted by atomic mass is 35.5. The number of rotatable bonds is 5. The van der Waals surface area contributed by atoms with Crippen LogP contribution in [0.25, 0.3) is 0 Å². The molecule has 0 atom stereocenters. The molecule has 27 heavy (non-hydrogen) atoms. The van der Waals surface area contributed by atoms with Gasteiger partial charge in [-0.1, -0.05) is 29.3 Å². The Bertz CT molecular complexity index is 1000. The number of hydrogen-bond donors (Lipinski definition) is 2. The first-order valence-electron chi connectivity index (χ1n) is 7.98. The standard InChI is InChI=1S/C19H15Cl2N3O2S/c1-11(25)23-15-4-2-3-12(8-15)18(26)24-19-22-10-16(27-19)9-13-7-14(20)5-6-17(13)21/h2-8,10H,9H2,1H3,(H,23,25)(H,22,24,26). The summed E-state index contributed by atoms with van der Waals surface area (Å²) >= 11 is 13.6. The molecular formula is C19H15Cl2N3O2S. The van der Waals surface area contributed by atoms with Crippen molar-refractivity contribution in [2.24, 2.45) is 0 Å². The van der Waals surface area contributed by atoms with Gasteiger partial charge in [0.2, 0.25) is 5.91 Å². The molecule has 0 aliphatic heterocycles. The van der Waals surface area contributed by atoms with Crippen LogP contribution < -0.4 is 10.6 Å². The van der Waals surface area contributed by atoms with Crippen LogP contribution in [0.3, 0.4) is 0 Å². The molecule has 0 radical (unpaired) electrons. The van der Waals surface area contributed by atoms with Crippen molar-refractivity contribution in [3.05, 3.63) is 74.7 Å². The minimum absolute atomic E-state index is 0.197. The maximum atomic E-state index is 12.4. The van der Waals surface area contributed by atoms with E-state index < -0.39 is 0 Å². The molecule has 0 aliphatic rings. The number of halogens is 2. The van der Waals surface area contributed by atoms with Gasteiger partial charge in [0.25, 0.3) is 5.91 Å². The predicted octanol–water partition coefficient (Wildman–Crippen LogP) is 5.25. The van der Waals surface area contributed by atoms with Crippen LogP contribution in [0, 0.1) is 0 Å². The third-order valence-corrected chi connectivity index (χ3v) is 5.11. The van der Waals surface area contributed by atoms with Gasteiger partial charge in [-0.25, -0.2) is 4.98 Å². The highest BCUT2D eigenvalue weighted by molar-refractivity contribution is 7.15. The molecule has 0 saturated heterocycles. The summed E-state index contributed by atoms with van der Waals surface area (Å²) < 4.78 is 0. The van der Waals surface area contributed by atoms with Crippen LogP contribution >= 0.6 is 34.5 Å². The van der Waals surface area contributed by atoms with Gasteiger partial charge in [-0.05, 0) is 42.0 Å². The Kier molecular flexibility index (Phi) is 6.11. The summed E-state index contributed by atoms with van der Waals surface area (Å²) in [4.78, 5) is 28.8. The highest BCUT2D eigenvalue weighted by Gasteiger charge is 2.11. The largest absolute Gasteiger partial charge is 0.326 e. The van der Waals surface area contributed by atoms with E-state index in [-0.39, 0.29) is 11.8 Å². The molecule has 0 aliphatic carbocycles. The number of nitrogens with one attached hydrogen (secondary N) is 2. The molecule has 5 nitrogen and oxygen atoms in total. The predicted molar refractivity (Wildman–Crippen MR) is 110 cm³/mol. The second-order valence-corrected chi connectivity index (χ2v) is 7.72. The van der Waals surface area contributed by atoms with Crippen molar-refractivity contribution < 1.29 is 9.59 Å². The number of anilines is 2. The summed E-state index contributed by atoms with van der Waals surface area (Å²) in [6, 6.07) is 12.0. The maximum Gasteiger partial charge on any atom is 0.257 e. The molecule has 0 unspecified atom stereocenters. The van der Waals surface area contributed by atoms with Crippen LogP contribution in [0.2, 0.25) is 10.0 Å². The molecule has 0 bridgehead atoms. The molecule has 1 aromatic heterocycles. The van der Waals surface area contributed by atoms with Crippen molar-refractivity contribution in [2.75, 3.05) is 10.6 Å². The van der Waals surface area contributed by atoms with Crippen LogP contribution in [0.15, 0.2) is 48.7 Å². The van der Waals surface area contributed by atoms with E-state index in [1.807, 2.05) is 6.07 Å². The molecule has 1 heterocycles. The van der Waals surface area contributed by atoms with Gasteiger partial charge in [-0.3, -0.25) is 14.9 Å². The number of hydrogen-bond acceptors (Lipinski definition) is 4. The van der Waals surface area contributed by atoms with Crippen LogP contribution in [0.5, 0.6) is 0 Å². The van der Waals surface area contributed by atoms with Gasteiger partial charge in [0.1, 0.15) is 0 Å². The molecule has 138 valence electrons. The Morgan fingerprint density at radius 2 is 1.93 bits per heavy atom. The molecule has 3 aromatic rings. The lowest BCUT2D eigenvalue weighted by Crippen LogP contribution is -2.12. The zero-order valence-electron chi connectivity index (χ0n) is 14.3. The number of amides is 2. The monoisotopic (exact) mass is 419 g/mol. The minimum Gasteiger partial charge on any atom is -0.326 e. The van der Waals surface area contributed by atoms with Crippen molar-refractivity contribution in [2.45, 2.75) is 13.3 Å². The first-order chi connectivity index (χ1) is 12.9. The van der Waals surface area contributed by atoms with E-state index in [2.05, 4.69) is 15.6 Å². The lowest BCUT2D eigenvalue weighted by molar-refractivity contribution is -0.114. The maximum absolute atomic E-state index is 12.4. The molecule has 0 fully saturated rings. The van der Waals surface area contributed by atoms with Crippen LogP contribution in [0.4, 0.5) is 10.8 Å². The average Bonchev–Trinajstić information content (AvgIpc) is 3.05. The normalized spacial score (nSPS) is 10.5. The van der Waals surface area contributed by atoms with E-state index in [0.717, 1.165) is 10.4 Å². The van der Waals surface area contributed by atoms with Crippen molar-refractivity contribution in [1.29, 1.82) is 0 Å². The lowest BCUT2D eigenvalue weighted by atomic mass is 10.1. The topological polar surface area (TPSA) is 71.1 Å². The minimum atomic E-state index is -0.302. The fraction of sp³-hybridized carbons (Fsp3) is 0.105. The van der Waals surface area contributed by atoms with E-state index in [9.17, 15) is 9.59 Å². The molecular weight excluding hydrogens is 405 g/mol. The molecule has 0 spiro atoms. The Hall–Kier alpha value is -2.41. The molecule has 8 heteroatoms. The fourth-order valence-corrected chi connectivity index (χ4v) is 3.63. The highest BCUT2D eigenvalue weighted by Crippen LogP contribution is 2.27. The van der Waals surface area contributed by atoms with E-state index in [0.29, 0.717) is 32.8 Å². The zero-order chi connectivity index (χ0) is 19.4. The van der Waals surface area contributed by atoms with Crippen molar-refractivity contribution in [3.8, 4) is 0 Å². The zero-order valence-corrected chi connectivity index (χ0v) is 16.6. The Morgan fingerprint density at radius 1 is 1.11 bits per heavy atom. The summed E-state index contributed by atoms with van der Waals surface area (Å²) in [5.41, 5.74) is 1.88. The van der Waals surface area contributed by atoms with Crippen LogP contribution in [-0.2, 0) is 11.2 Å². The van der Waals surface area contributed by atoms with Crippen molar-refractivity contribution in [3.63, 3.8) is 0 Å². The summed E-state index contributed by atoms with van der Waals surface area (Å²) in [6.45, 7) is 1.41. The van der Waals surface area contributed by atoms with Crippen LogP contribution in [0.1, 0.15) is 27.7 Å². The first kappa shape index (κ1) is 19.4. The van der Waals surface area contributed by atoms with E-state index in [1.165, 1.54) is 18.3 Å². The molecule has 2 N–H and O–H groups in total. The number of nitrogens with zero attached hydrogens (tertiary/aromatic N) is 1. The van der Waals surface area contributed by atoms with Gasteiger partial charge in [0.15, 0.2) is 5.13 Å². The number of benzene rings is 2. The average molecular weight is 420 g/mol. The fourth-order valence-electron chi connectivity index (χ4n) is 2.42. The number of aromatic nitrogens is 1. The van der Waals surface area contributed by atoms with E-state index >= 15 is 0 Å². The van der Waals surface area contributed by atoms with Gasteiger partial charge in [0.05, 0.1) is 0 Å². The lowest BCUT2D eigenvalue weighted by Gasteiger charge is -2.05. The summed E-state index contributed by atoms with van der Waals surface area (Å²) in [6.07, 6.45) is 2.27. The molecule has 3 rings (SSSR count). The third-order valence-electron chi connectivity index (χ3n) is 3.59. The second-order valence-electron chi connectivity index (χ2n) is 5.76. The second kappa shape index (κ2) is 8.52. The Labute approximate surface area is 170 Å². The summed E-state index contributed by atoms with van der Waals surface area (Å²) in [5, 5.41) is 7.15. The smallest absolute Gasteiger partial charge is 0.257 e. The quantitative estimate of drug-likeness (QED) is 0.592. The van der Waals surface area contributed by atoms with Crippen LogP contribution in [-0.4, -0.2) is 16.8 Å². The third kappa shape index (κ3) is 5.29. The molecule has 2 amide bonds. The van der Waals surface area contributed by atoms with Gasteiger partial charge >= 0.3 is 0 Å². The number of carbonyl (C=O) groups is 2. The number of thiazole rings is 1. The van der Waals surface area contributed by atoms with Crippen molar-refractivity contribution in [1.82, 2.24) is 4.98 Å². The summed E-state index contributed by atoms with van der Waals surface area (Å²) in [7, 11) is 0.